The van der Waals surface area contributed by atoms with Crippen molar-refractivity contribution in [2.45, 2.75) is 94.0 Å². The van der Waals surface area contributed by atoms with Crippen LogP contribution in [0.15, 0.2) is 11.6 Å². The van der Waals surface area contributed by atoms with E-state index in [4.69, 9.17) is 4.74 Å². The fourth-order valence-corrected chi connectivity index (χ4v) is 6.13. The SMILES string of the molecule is O=C1C=C2CC(NC3CCCCC3)C3CC2(O1)C1CCCCN31. The Morgan fingerprint density at radius 1 is 1.13 bits per heavy atom. The molecule has 2 bridgehead atoms. The largest absolute Gasteiger partial charge is 0.450 e. The number of hydrogen-bond donors (Lipinski definition) is 1. The molecule has 2 saturated heterocycles. The van der Waals surface area contributed by atoms with Crippen molar-refractivity contribution in [3.63, 3.8) is 0 Å². The standard InChI is InChI=1S/C19H28N2O2/c22-18-11-13-10-15(20-14-6-2-1-3-7-14)16-12-19(13,23-18)17-8-4-5-9-21(16)17/h11,14-17,20H,1-10,12H2. The summed E-state index contributed by atoms with van der Waals surface area (Å²) in [6.07, 6.45) is 14.4. The molecule has 0 aromatic rings. The van der Waals surface area contributed by atoms with Gasteiger partial charge in [-0.1, -0.05) is 25.7 Å². The smallest absolute Gasteiger partial charge is 0.331 e. The van der Waals surface area contributed by atoms with Gasteiger partial charge in [-0.2, -0.15) is 0 Å². The molecule has 2 aliphatic carbocycles. The first-order valence-corrected chi connectivity index (χ1v) is 9.72. The molecule has 4 atom stereocenters. The van der Waals surface area contributed by atoms with E-state index in [0.717, 1.165) is 12.8 Å². The zero-order chi connectivity index (χ0) is 15.4. The second-order valence-electron chi connectivity index (χ2n) is 8.31. The number of carbonyl (C=O) groups excluding carboxylic acids is 1. The highest BCUT2D eigenvalue weighted by molar-refractivity contribution is 5.87. The van der Waals surface area contributed by atoms with Gasteiger partial charge in [0.15, 0.2) is 5.60 Å². The van der Waals surface area contributed by atoms with Crippen LogP contribution in [0, 0.1) is 0 Å². The summed E-state index contributed by atoms with van der Waals surface area (Å²) in [6.45, 7) is 1.19. The highest BCUT2D eigenvalue weighted by Crippen LogP contribution is 2.54. The van der Waals surface area contributed by atoms with Crippen molar-refractivity contribution >= 4 is 5.97 Å². The minimum Gasteiger partial charge on any atom is -0.450 e. The number of fused-ring (bicyclic) bond motifs is 3. The molecule has 3 heterocycles. The van der Waals surface area contributed by atoms with Crippen LogP contribution in [0.25, 0.3) is 0 Å². The molecule has 4 heteroatoms. The summed E-state index contributed by atoms with van der Waals surface area (Å²) in [5.74, 6) is -0.0931. The molecular formula is C19H28N2O2. The van der Waals surface area contributed by atoms with Gasteiger partial charge in [-0.05, 0) is 44.2 Å². The lowest BCUT2D eigenvalue weighted by Gasteiger charge is -2.39. The van der Waals surface area contributed by atoms with Gasteiger partial charge < -0.3 is 10.1 Å². The lowest BCUT2D eigenvalue weighted by atomic mass is 9.75. The minimum atomic E-state index is -0.257. The normalized spacial score (nSPS) is 43.7. The fourth-order valence-electron chi connectivity index (χ4n) is 6.13. The van der Waals surface area contributed by atoms with Gasteiger partial charge in [-0.15, -0.1) is 0 Å². The Labute approximate surface area is 138 Å². The van der Waals surface area contributed by atoms with Gasteiger partial charge in [0, 0.05) is 30.6 Å². The highest BCUT2D eigenvalue weighted by atomic mass is 16.6. The average molecular weight is 316 g/mol. The summed E-state index contributed by atoms with van der Waals surface area (Å²) < 4.78 is 5.95. The van der Waals surface area contributed by atoms with Gasteiger partial charge >= 0.3 is 5.97 Å². The lowest BCUT2D eigenvalue weighted by Crippen LogP contribution is -2.53. The first-order valence-electron chi connectivity index (χ1n) is 9.72. The van der Waals surface area contributed by atoms with Gasteiger partial charge in [0.1, 0.15) is 0 Å². The topological polar surface area (TPSA) is 41.6 Å². The van der Waals surface area contributed by atoms with E-state index in [2.05, 4.69) is 10.2 Å². The Balaban J connectivity index is 1.43. The van der Waals surface area contributed by atoms with E-state index in [1.807, 2.05) is 6.08 Å². The quantitative estimate of drug-likeness (QED) is 0.795. The molecular weight excluding hydrogens is 288 g/mol. The van der Waals surface area contributed by atoms with Crippen LogP contribution in [0.4, 0.5) is 0 Å². The summed E-state index contributed by atoms with van der Waals surface area (Å²) in [5.41, 5.74) is 1.04. The van der Waals surface area contributed by atoms with Crippen molar-refractivity contribution in [1.29, 1.82) is 0 Å². The maximum atomic E-state index is 12.0. The zero-order valence-corrected chi connectivity index (χ0v) is 13.9. The molecule has 23 heavy (non-hydrogen) atoms. The molecule has 0 aromatic carbocycles. The van der Waals surface area contributed by atoms with E-state index in [1.165, 1.54) is 63.5 Å². The van der Waals surface area contributed by atoms with Crippen LogP contribution in [0.3, 0.4) is 0 Å². The van der Waals surface area contributed by atoms with Crippen molar-refractivity contribution in [3.8, 4) is 0 Å². The molecule has 4 unspecified atom stereocenters. The first kappa shape index (κ1) is 14.5. The number of ether oxygens (including phenoxy) is 1. The van der Waals surface area contributed by atoms with E-state index in [-0.39, 0.29) is 11.6 Å². The number of nitrogens with one attached hydrogen (secondary N) is 1. The number of piperidine rings is 1. The Bertz CT molecular complexity index is 539. The maximum absolute atomic E-state index is 12.0. The molecule has 5 aliphatic rings. The Hall–Kier alpha value is -0.870. The molecule has 0 amide bonds. The second-order valence-corrected chi connectivity index (χ2v) is 8.31. The molecule has 1 spiro atoms. The van der Waals surface area contributed by atoms with Crippen LogP contribution in [0.2, 0.25) is 0 Å². The van der Waals surface area contributed by atoms with Crippen LogP contribution < -0.4 is 5.32 Å². The number of nitrogens with zero attached hydrogens (tertiary/aromatic N) is 1. The van der Waals surface area contributed by atoms with Crippen LogP contribution in [0.1, 0.15) is 64.2 Å². The van der Waals surface area contributed by atoms with Crippen LogP contribution in [-0.4, -0.2) is 47.2 Å². The predicted molar refractivity (Wildman–Crippen MR) is 88.1 cm³/mol. The van der Waals surface area contributed by atoms with Gasteiger partial charge in [-0.3, -0.25) is 4.90 Å². The fraction of sp³-hybridized carbons (Fsp3) is 0.842. The van der Waals surface area contributed by atoms with E-state index in [1.54, 1.807) is 0 Å². The Morgan fingerprint density at radius 3 is 2.83 bits per heavy atom. The molecule has 5 rings (SSSR count). The van der Waals surface area contributed by atoms with Gasteiger partial charge in [0.25, 0.3) is 0 Å². The summed E-state index contributed by atoms with van der Waals surface area (Å²) in [4.78, 5) is 14.7. The van der Waals surface area contributed by atoms with E-state index in [9.17, 15) is 4.79 Å². The molecule has 0 aromatic heterocycles. The highest BCUT2D eigenvalue weighted by Gasteiger charge is 2.63. The lowest BCUT2D eigenvalue weighted by molar-refractivity contribution is -0.148. The van der Waals surface area contributed by atoms with Crippen molar-refractivity contribution in [1.82, 2.24) is 10.2 Å². The monoisotopic (exact) mass is 316 g/mol. The van der Waals surface area contributed by atoms with Crippen LogP contribution >= 0.6 is 0 Å². The molecule has 126 valence electrons. The number of esters is 1. The zero-order valence-electron chi connectivity index (χ0n) is 13.9. The summed E-state index contributed by atoms with van der Waals surface area (Å²) in [5, 5.41) is 3.99. The maximum Gasteiger partial charge on any atom is 0.331 e. The van der Waals surface area contributed by atoms with Crippen LogP contribution in [-0.2, 0) is 9.53 Å². The van der Waals surface area contributed by atoms with E-state index in [0.29, 0.717) is 24.2 Å². The number of hydrogen-bond acceptors (Lipinski definition) is 4. The molecule has 4 fully saturated rings. The third-order valence-corrected chi connectivity index (χ3v) is 7.10. The molecule has 0 radical (unpaired) electrons. The second kappa shape index (κ2) is 5.32. The van der Waals surface area contributed by atoms with Gasteiger partial charge in [0.2, 0.25) is 0 Å². The average Bonchev–Trinajstić information content (AvgIpc) is 3.05. The summed E-state index contributed by atoms with van der Waals surface area (Å²) >= 11 is 0. The van der Waals surface area contributed by atoms with Gasteiger partial charge in [-0.25, -0.2) is 4.79 Å². The molecule has 3 aliphatic heterocycles. The van der Waals surface area contributed by atoms with Crippen molar-refractivity contribution in [2.75, 3.05) is 6.54 Å². The molecule has 4 nitrogen and oxygen atoms in total. The molecule has 1 N–H and O–H groups in total. The third kappa shape index (κ3) is 2.14. The molecule has 2 saturated carbocycles. The van der Waals surface area contributed by atoms with Crippen molar-refractivity contribution < 1.29 is 9.53 Å². The minimum absolute atomic E-state index is 0.0931. The summed E-state index contributed by atoms with van der Waals surface area (Å²) in [7, 11) is 0. The number of rotatable bonds is 2. The van der Waals surface area contributed by atoms with E-state index < -0.39 is 0 Å². The number of carbonyl (C=O) groups is 1. The van der Waals surface area contributed by atoms with Crippen molar-refractivity contribution in [2.24, 2.45) is 0 Å². The predicted octanol–water partition coefficient (Wildman–Crippen LogP) is 2.53. The van der Waals surface area contributed by atoms with Crippen molar-refractivity contribution in [3.05, 3.63) is 11.6 Å². The summed E-state index contributed by atoms with van der Waals surface area (Å²) in [6, 6.07) is 2.20. The van der Waals surface area contributed by atoms with E-state index >= 15 is 0 Å². The van der Waals surface area contributed by atoms with Crippen LogP contribution in [0.5, 0.6) is 0 Å². The Morgan fingerprint density at radius 2 is 1.96 bits per heavy atom. The Kier molecular flexibility index (Phi) is 3.35. The first-order chi connectivity index (χ1) is 11.3. The van der Waals surface area contributed by atoms with Gasteiger partial charge in [0.05, 0.1) is 6.04 Å². The third-order valence-electron chi connectivity index (χ3n) is 7.10.